The van der Waals surface area contributed by atoms with Crippen molar-refractivity contribution in [3.8, 4) is 11.5 Å². The van der Waals surface area contributed by atoms with E-state index in [9.17, 15) is 0 Å². The fourth-order valence-corrected chi connectivity index (χ4v) is 4.27. The molecule has 1 atom stereocenters. The van der Waals surface area contributed by atoms with E-state index < -0.39 is 0 Å². The molecule has 0 aliphatic carbocycles. The number of hydrogen-bond donors (Lipinski definition) is 1. The lowest BCUT2D eigenvalue weighted by molar-refractivity contribution is 0.198. The third kappa shape index (κ3) is 4.78. The standard InChI is InChI=1S/C18H28N2O2S/c1-21-17-6-2-4-15(7-10-20-11-8-19-9-12-20)18(17)22-16-5-3-13-23-14-16/h2,4,6,16,19H,3,5,7-14H2,1H3. The van der Waals surface area contributed by atoms with Gasteiger partial charge in [0, 0.05) is 38.5 Å². The Balaban J connectivity index is 1.67. The lowest BCUT2D eigenvalue weighted by Gasteiger charge is -2.28. The minimum absolute atomic E-state index is 0.322. The zero-order valence-corrected chi connectivity index (χ0v) is 14.9. The SMILES string of the molecule is COc1cccc(CCN2CCNCC2)c1OC1CCCSC1. The molecule has 3 rings (SSSR count). The van der Waals surface area contributed by atoms with Gasteiger partial charge < -0.3 is 19.7 Å². The molecule has 1 unspecified atom stereocenters. The van der Waals surface area contributed by atoms with Crippen molar-refractivity contribution >= 4 is 11.8 Å². The molecule has 4 nitrogen and oxygen atoms in total. The first kappa shape index (κ1) is 16.9. The van der Waals surface area contributed by atoms with Crippen molar-refractivity contribution < 1.29 is 9.47 Å². The first-order chi connectivity index (χ1) is 11.4. The molecule has 0 radical (unpaired) electrons. The highest BCUT2D eigenvalue weighted by molar-refractivity contribution is 7.99. The summed E-state index contributed by atoms with van der Waals surface area (Å²) >= 11 is 2.00. The van der Waals surface area contributed by atoms with Crippen LogP contribution in [0.3, 0.4) is 0 Å². The predicted molar refractivity (Wildman–Crippen MR) is 97.0 cm³/mol. The fraction of sp³-hybridized carbons (Fsp3) is 0.667. The smallest absolute Gasteiger partial charge is 0.164 e. The monoisotopic (exact) mass is 336 g/mol. The molecule has 2 heterocycles. The average molecular weight is 337 g/mol. The molecular weight excluding hydrogens is 308 g/mol. The molecule has 2 fully saturated rings. The highest BCUT2D eigenvalue weighted by Crippen LogP contribution is 2.34. The van der Waals surface area contributed by atoms with E-state index in [0.29, 0.717) is 6.10 Å². The van der Waals surface area contributed by atoms with E-state index in [-0.39, 0.29) is 0 Å². The fourth-order valence-electron chi connectivity index (χ4n) is 3.24. The number of para-hydroxylation sites is 1. The van der Waals surface area contributed by atoms with Crippen molar-refractivity contribution in [1.29, 1.82) is 0 Å². The Kier molecular flexibility index (Phi) is 6.48. The van der Waals surface area contributed by atoms with Gasteiger partial charge in [-0.3, -0.25) is 0 Å². The maximum Gasteiger partial charge on any atom is 0.164 e. The van der Waals surface area contributed by atoms with Crippen molar-refractivity contribution in [3.05, 3.63) is 23.8 Å². The summed E-state index contributed by atoms with van der Waals surface area (Å²) in [5, 5.41) is 3.41. The number of nitrogens with one attached hydrogen (secondary N) is 1. The normalized spacial score (nSPS) is 22.7. The highest BCUT2D eigenvalue weighted by atomic mass is 32.2. The van der Waals surface area contributed by atoms with E-state index >= 15 is 0 Å². The van der Waals surface area contributed by atoms with E-state index in [0.717, 1.165) is 62.8 Å². The first-order valence-corrected chi connectivity index (χ1v) is 9.85. The van der Waals surface area contributed by atoms with E-state index in [1.165, 1.54) is 17.7 Å². The number of nitrogens with zero attached hydrogens (tertiary/aromatic N) is 1. The average Bonchev–Trinajstić information content (AvgIpc) is 2.62. The quantitative estimate of drug-likeness (QED) is 0.863. The molecule has 0 spiro atoms. The molecule has 5 heteroatoms. The van der Waals surface area contributed by atoms with Crippen molar-refractivity contribution in [2.75, 3.05) is 51.3 Å². The van der Waals surface area contributed by atoms with Gasteiger partial charge in [0.2, 0.25) is 0 Å². The van der Waals surface area contributed by atoms with Gasteiger partial charge in [0.05, 0.1) is 7.11 Å². The van der Waals surface area contributed by atoms with E-state index in [1.807, 2.05) is 17.8 Å². The molecule has 0 bridgehead atoms. The largest absolute Gasteiger partial charge is 0.493 e. The Morgan fingerprint density at radius 1 is 1.30 bits per heavy atom. The summed E-state index contributed by atoms with van der Waals surface area (Å²) in [6.07, 6.45) is 3.75. The van der Waals surface area contributed by atoms with Crippen molar-refractivity contribution in [2.24, 2.45) is 0 Å². The van der Waals surface area contributed by atoms with Gasteiger partial charge in [-0.25, -0.2) is 0 Å². The zero-order chi connectivity index (χ0) is 15.9. The van der Waals surface area contributed by atoms with Crippen molar-refractivity contribution in [2.45, 2.75) is 25.4 Å². The maximum absolute atomic E-state index is 6.37. The summed E-state index contributed by atoms with van der Waals surface area (Å²) in [6, 6.07) is 6.28. The van der Waals surface area contributed by atoms with Crippen LogP contribution in [-0.4, -0.2) is 62.3 Å². The number of piperazine rings is 1. The summed E-state index contributed by atoms with van der Waals surface area (Å²) in [4.78, 5) is 2.52. The molecule has 0 saturated carbocycles. The maximum atomic E-state index is 6.37. The summed E-state index contributed by atoms with van der Waals surface area (Å²) < 4.78 is 11.9. The van der Waals surface area contributed by atoms with Crippen LogP contribution in [0.15, 0.2) is 18.2 Å². The van der Waals surface area contributed by atoms with Gasteiger partial charge >= 0.3 is 0 Å². The molecule has 128 valence electrons. The molecule has 2 aliphatic heterocycles. The molecule has 0 aromatic heterocycles. The number of rotatable bonds is 6. The predicted octanol–water partition coefficient (Wildman–Crippen LogP) is 2.42. The number of thioether (sulfide) groups is 1. The van der Waals surface area contributed by atoms with Gasteiger partial charge in [-0.2, -0.15) is 11.8 Å². The molecule has 23 heavy (non-hydrogen) atoms. The molecule has 0 amide bonds. The van der Waals surface area contributed by atoms with Gasteiger partial charge in [0.25, 0.3) is 0 Å². The van der Waals surface area contributed by atoms with Gasteiger partial charge in [0.15, 0.2) is 11.5 Å². The molecule has 1 aromatic rings. The Bertz CT molecular complexity index is 486. The van der Waals surface area contributed by atoms with E-state index in [1.54, 1.807) is 7.11 Å². The minimum Gasteiger partial charge on any atom is -0.493 e. The van der Waals surface area contributed by atoms with Crippen LogP contribution in [0.2, 0.25) is 0 Å². The second-order valence-electron chi connectivity index (χ2n) is 6.25. The van der Waals surface area contributed by atoms with Gasteiger partial charge in [-0.15, -0.1) is 0 Å². The third-order valence-corrected chi connectivity index (χ3v) is 5.78. The van der Waals surface area contributed by atoms with Crippen molar-refractivity contribution in [3.63, 3.8) is 0 Å². The van der Waals surface area contributed by atoms with Crippen LogP contribution in [0.4, 0.5) is 0 Å². The zero-order valence-electron chi connectivity index (χ0n) is 14.1. The van der Waals surface area contributed by atoms with Crippen molar-refractivity contribution in [1.82, 2.24) is 10.2 Å². The second kappa shape index (κ2) is 8.81. The third-order valence-electron chi connectivity index (χ3n) is 4.59. The second-order valence-corrected chi connectivity index (χ2v) is 7.40. The minimum atomic E-state index is 0.322. The highest BCUT2D eigenvalue weighted by Gasteiger charge is 2.20. The van der Waals surface area contributed by atoms with Crippen LogP contribution in [-0.2, 0) is 6.42 Å². The van der Waals surface area contributed by atoms with Crippen LogP contribution in [0.1, 0.15) is 18.4 Å². The van der Waals surface area contributed by atoms with E-state index in [4.69, 9.17) is 9.47 Å². The number of hydrogen-bond acceptors (Lipinski definition) is 5. The molecular formula is C18H28N2O2S. The van der Waals surface area contributed by atoms with Crippen LogP contribution >= 0.6 is 11.8 Å². The van der Waals surface area contributed by atoms with Gasteiger partial charge in [-0.05, 0) is 36.6 Å². The van der Waals surface area contributed by atoms with Crippen LogP contribution in [0, 0.1) is 0 Å². The topological polar surface area (TPSA) is 33.7 Å². The van der Waals surface area contributed by atoms with E-state index in [2.05, 4.69) is 22.3 Å². The van der Waals surface area contributed by atoms with Crippen LogP contribution < -0.4 is 14.8 Å². The first-order valence-electron chi connectivity index (χ1n) is 8.70. The summed E-state index contributed by atoms with van der Waals surface area (Å²) in [5.74, 6) is 4.20. The van der Waals surface area contributed by atoms with Gasteiger partial charge in [-0.1, -0.05) is 12.1 Å². The van der Waals surface area contributed by atoms with Gasteiger partial charge in [0.1, 0.15) is 6.10 Å². The number of benzene rings is 1. The molecule has 2 saturated heterocycles. The Hall–Kier alpha value is -0.910. The Morgan fingerprint density at radius 3 is 2.91 bits per heavy atom. The Morgan fingerprint density at radius 2 is 2.17 bits per heavy atom. The lowest BCUT2D eigenvalue weighted by Crippen LogP contribution is -2.44. The lowest BCUT2D eigenvalue weighted by atomic mass is 10.1. The molecule has 1 N–H and O–H groups in total. The molecule has 2 aliphatic rings. The molecule has 1 aromatic carbocycles. The van der Waals surface area contributed by atoms with Crippen LogP contribution in [0.25, 0.3) is 0 Å². The van der Waals surface area contributed by atoms with Crippen LogP contribution in [0.5, 0.6) is 11.5 Å². The Labute approximate surface area is 143 Å². The summed E-state index contributed by atoms with van der Waals surface area (Å²) in [5.41, 5.74) is 1.28. The number of ether oxygens (including phenoxy) is 2. The summed E-state index contributed by atoms with van der Waals surface area (Å²) in [7, 11) is 1.73. The number of methoxy groups -OCH3 is 1. The summed E-state index contributed by atoms with van der Waals surface area (Å²) in [6.45, 7) is 5.56.